The predicted molar refractivity (Wildman–Crippen MR) is 121 cm³/mol. The molecule has 0 aliphatic carbocycles. The summed E-state index contributed by atoms with van der Waals surface area (Å²) in [5, 5.41) is 9.83. The summed E-state index contributed by atoms with van der Waals surface area (Å²) in [7, 11) is 1.66. The zero-order valence-electron chi connectivity index (χ0n) is 17.1. The molecule has 154 valence electrons. The van der Waals surface area contributed by atoms with Gasteiger partial charge in [-0.3, -0.25) is 8.97 Å². The van der Waals surface area contributed by atoms with Gasteiger partial charge in [-0.2, -0.15) is 0 Å². The van der Waals surface area contributed by atoms with Crippen molar-refractivity contribution in [2.75, 3.05) is 7.11 Å². The van der Waals surface area contributed by atoms with Gasteiger partial charge >= 0.3 is 0 Å². The fourth-order valence-electron chi connectivity index (χ4n) is 3.39. The van der Waals surface area contributed by atoms with E-state index in [4.69, 9.17) is 4.74 Å². The van der Waals surface area contributed by atoms with Crippen molar-refractivity contribution >= 4 is 17.5 Å². The van der Waals surface area contributed by atoms with Crippen molar-refractivity contribution in [2.45, 2.75) is 17.8 Å². The van der Waals surface area contributed by atoms with Gasteiger partial charge in [-0.15, -0.1) is 10.2 Å². The Morgan fingerprint density at radius 3 is 2.68 bits per heavy atom. The second-order valence-corrected chi connectivity index (χ2v) is 8.00. The highest BCUT2D eigenvalue weighted by atomic mass is 32.2. The van der Waals surface area contributed by atoms with Gasteiger partial charge in [0, 0.05) is 35.6 Å². The molecule has 0 atom stereocenters. The molecule has 0 unspecified atom stereocenters. The topological polar surface area (TPSA) is 70.1 Å². The molecule has 0 aliphatic heterocycles. The first-order valence-corrected chi connectivity index (χ1v) is 10.8. The maximum absolute atomic E-state index is 5.32. The van der Waals surface area contributed by atoms with E-state index in [-0.39, 0.29) is 0 Å². The molecule has 0 aliphatic rings. The number of hydrogen-bond donors (Lipinski definition) is 0. The number of aromatic nitrogens is 6. The highest BCUT2D eigenvalue weighted by molar-refractivity contribution is 7.98. The van der Waals surface area contributed by atoms with Gasteiger partial charge in [0.2, 0.25) is 5.78 Å². The third kappa shape index (κ3) is 3.89. The van der Waals surface area contributed by atoms with Gasteiger partial charge in [0.15, 0.2) is 11.0 Å². The Balaban J connectivity index is 1.52. The molecule has 0 bridgehead atoms. The Morgan fingerprint density at radius 2 is 1.90 bits per heavy atom. The summed E-state index contributed by atoms with van der Waals surface area (Å²) < 4.78 is 9.31. The molecule has 7 nitrogen and oxygen atoms in total. The van der Waals surface area contributed by atoms with E-state index in [1.54, 1.807) is 25.1 Å². The minimum absolute atomic E-state index is 0.658. The molecule has 0 fully saturated rings. The summed E-state index contributed by atoms with van der Waals surface area (Å²) in [4.78, 5) is 8.87. The molecule has 3 heterocycles. The van der Waals surface area contributed by atoms with Gasteiger partial charge in [-0.1, -0.05) is 35.5 Å². The van der Waals surface area contributed by atoms with Crippen LogP contribution in [0.5, 0.6) is 5.75 Å². The summed E-state index contributed by atoms with van der Waals surface area (Å²) in [6.45, 7) is 2.07. The van der Waals surface area contributed by atoms with E-state index in [0.29, 0.717) is 11.5 Å². The maximum Gasteiger partial charge on any atom is 0.233 e. The normalized spacial score (nSPS) is 11.2. The van der Waals surface area contributed by atoms with Gasteiger partial charge in [-0.05, 0) is 43.3 Å². The van der Waals surface area contributed by atoms with Gasteiger partial charge < -0.3 is 4.74 Å². The lowest BCUT2D eigenvalue weighted by atomic mass is 10.1. The molecule has 5 aromatic rings. The predicted octanol–water partition coefficient (Wildman–Crippen LogP) is 4.59. The summed E-state index contributed by atoms with van der Waals surface area (Å²) in [6, 6.07) is 18.1. The number of methoxy groups -OCH3 is 1. The van der Waals surface area contributed by atoms with E-state index in [1.165, 1.54) is 5.56 Å². The molecule has 0 saturated carbocycles. The fraction of sp³-hybridized carbons (Fsp3) is 0.130. The van der Waals surface area contributed by atoms with Crippen LogP contribution >= 0.6 is 11.8 Å². The summed E-state index contributed by atoms with van der Waals surface area (Å²) >= 11 is 1.59. The average Bonchev–Trinajstić information content (AvgIpc) is 3.41. The van der Waals surface area contributed by atoms with Crippen LogP contribution in [-0.2, 0) is 5.75 Å². The molecule has 31 heavy (non-hydrogen) atoms. The number of imidazole rings is 1. The second-order valence-electron chi connectivity index (χ2n) is 7.06. The fourth-order valence-corrected chi connectivity index (χ4v) is 4.22. The van der Waals surface area contributed by atoms with Crippen LogP contribution in [0.1, 0.15) is 11.3 Å². The number of rotatable bonds is 6. The molecule has 0 saturated heterocycles. The van der Waals surface area contributed by atoms with Crippen LogP contribution in [0.15, 0.2) is 78.3 Å². The van der Waals surface area contributed by atoms with Gasteiger partial charge in [0.05, 0.1) is 12.8 Å². The SMILES string of the molecule is COc1ccc(-n2c(SCc3cn4cccnc4n3)nnc2-c2cccc(C)c2)cc1. The van der Waals surface area contributed by atoms with Crippen LogP contribution in [0, 0.1) is 6.92 Å². The summed E-state index contributed by atoms with van der Waals surface area (Å²) in [5.41, 5.74) is 4.10. The molecular weight excluding hydrogens is 408 g/mol. The van der Waals surface area contributed by atoms with E-state index < -0.39 is 0 Å². The van der Waals surface area contributed by atoms with E-state index in [0.717, 1.165) is 33.7 Å². The van der Waals surface area contributed by atoms with Gasteiger partial charge in [-0.25, -0.2) is 9.97 Å². The molecular formula is C23H20N6OS. The molecule has 0 spiro atoms. The van der Waals surface area contributed by atoms with Crippen LogP contribution in [0.2, 0.25) is 0 Å². The molecule has 0 radical (unpaired) electrons. The van der Waals surface area contributed by atoms with E-state index >= 15 is 0 Å². The highest BCUT2D eigenvalue weighted by Crippen LogP contribution is 2.30. The Labute approximate surface area is 183 Å². The van der Waals surface area contributed by atoms with Gasteiger partial charge in [0.25, 0.3) is 0 Å². The minimum Gasteiger partial charge on any atom is -0.497 e. The summed E-state index contributed by atoms with van der Waals surface area (Å²) in [5.74, 6) is 2.95. The number of benzene rings is 2. The Hall–Kier alpha value is -3.65. The standard InChI is InChI=1S/C23H20N6OS/c1-16-5-3-6-17(13-16)21-26-27-23(29(21)19-7-9-20(30-2)10-8-19)31-15-18-14-28-12-4-11-24-22(28)25-18/h3-14H,15H2,1-2H3. The number of nitrogens with zero attached hydrogens (tertiary/aromatic N) is 6. The molecule has 5 rings (SSSR count). The lowest BCUT2D eigenvalue weighted by Crippen LogP contribution is -2.00. The molecule has 8 heteroatoms. The van der Waals surface area contributed by atoms with E-state index in [9.17, 15) is 0 Å². The molecule has 0 N–H and O–H groups in total. The Bertz CT molecular complexity index is 1310. The van der Waals surface area contributed by atoms with Crippen LogP contribution in [0.4, 0.5) is 0 Å². The van der Waals surface area contributed by atoms with E-state index in [2.05, 4.69) is 49.9 Å². The van der Waals surface area contributed by atoms with Crippen molar-refractivity contribution in [2.24, 2.45) is 0 Å². The first-order chi connectivity index (χ1) is 15.2. The monoisotopic (exact) mass is 428 g/mol. The van der Waals surface area contributed by atoms with Crippen LogP contribution in [-0.4, -0.2) is 36.2 Å². The third-order valence-corrected chi connectivity index (χ3v) is 5.84. The zero-order valence-corrected chi connectivity index (χ0v) is 18.0. The largest absolute Gasteiger partial charge is 0.497 e. The van der Waals surface area contributed by atoms with Crippen LogP contribution in [0.25, 0.3) is 22.9 Å². The van der Waals surface area contributed by atoms with E-state index in [1.807, 2.05) is 53.2 Å². The smallest absolute Gasteiger partial charge is 0.233 e. The first-order valence-electron chi connectivity index (χ1n) is 9.79. The van der Waals surface area contributed by atoms with Crippen molar-refractivity contribution in [1.82, 2.24) is 29.1 Å². The molecule has 2 aromatic carbocycles. The van der Waals surface area contributed by atoms with Crippen molar-refractivity contribution in [3.8, 4) is 22.8 Å². The number of aryl methyl sites for hydroxylation is 1. The van der Waals surface area contributed by atoms with Crippen molar-refractivity contribution in [3.05, 3.63) is 84.4 Å². The lowest BCUT2D eigenvalue weighted by molar-refractivity contribution is 0.414. The number of hydrogen-bond acceptors (Lipinski definition) is 6. The quantitative estimate of drug-likeness (QED) is 0.369. The molecule has 3 aromatic heterocycles. The first kappa shape index (κ1) is 19.3. The zero-order chi connectivity index (χ0) is 21.2. The Kier molecular flexibility index (Phi) is 5.13. The van der Waals surface area contributed by atoms with Gasteiger partial charge in [0.1, 0.15) is 5.75 Å². The van der Waals surface area contributed by atoms with Crippen molar-refractivity contribution in [3.63, 3.8) is 0 Å². The number of ether oxygens (including phenoxy) is 1. The summed E-state index contributed by atoms with van der Waals surface area (Å²) in [6.07, 6.45) is 5.68. The minimum atomic E-state index is 0.658. The second kappa shape index (κ2) is 8.23. The van der Waals surface area contributed by atoms with Crippen LogP contribution in [0.3, 0.4) is 0 Å². The number of fused-ring (bicyclic) bond motifs is 1. The maximum atomic E-state index is 5.32. The third-order valence-electron chi connectivity index (χ3n) is 4.87. The average molecular weight is 429 g/mol. The number of thioether (sulfide) groups is 1. The van der Waals surface area contributed by atoms with Crippen molar-refractivity contribution < 1.29 is 4.74 Å². The van der Waals surface area contributed by atoms with Crippen LogP contribution < -0.4 is 4.74 Å². The lowest BCUT2D eigenvalue weighted by Gasteiger charge is -2.11. The molecule has 0 amide bonds. The highest BCUT2D eigenvalue weighted by Gasteiger charge is 2.17. The van der Waals surface area contributed by atoms with Crippen molar-refractivity contribution in [1.29, 1.82) is 0 Å². The Morgan fingerprint density at radius 1 is 1.03 bits per heavy atom.